The van der Waals surface area contributed by atoms with Gasteiger partial charge in [0, 0.05) is 25.4 Å². The van der Waals surface area contributed by atoms with Crippen molar-refractivity contribution in [3.05, 3.63) is 29.3 Å². The summed E-state index contributed by atoms with van der Waals surface area (Å²) >= 11 is 0. The maximum atomic E-state index is 5.86. The Kier molecular flexibility index (Phi) is 5.41. The lowest BCUT2D eigenvalue weighted by atomic mass is 10.1. The van der Waals surface area contributed by atoms with Crippen LogP contribution < -0.4 is 11.1 Å². The summed E-state index contributed by atoms with van der Waals surface area (Å²) in [7, 11) is 0. The number of hydrogen-bond acceptors (Lipinski definition) is 2. The van der Waals surface area contributed by atoms with Gasteiger partial charge >= 0.3 is 0 Å². The third-order valence-electron chi connectivity index (χ3n) is 3.56. The summed E-state index contributed by atoms with van der Waals surface area (Å²) < 4.78 is 5.56. The minimum Gasteiger partial charge on any atom is -0.381 e. The molecule has 0 saturated heterocycles. The van der Waals surface area contributed by atoms with E-state index in [0.717, 1.165) is 31.2 Å². The van der Waals surface area contributed by atoms with Gasteiger partial charge in [-0.15, -0.1) is 0 Å². The highest BCUT2D eigenvalue weighted by Gasteiger charge is 2.20. The van der Waals surface area contributed by atoms with E-state index in [1.165, 1.54) is 24.0 Å². The van der Waals surface area contributed by atoms with Crippen molar-refractivity contribution >= 4 is 11.6 Å². The molecule has 1 aromatic carbocycles. The molecule has 0 radical (unpaired) electrons. The average molecular weight is 275 g/mol. The molecule has 1 aromatic rings. The van der Waals surface area contributed by atoms with Gasteiger partial charge in [-0.3, -0.25) is 4.99 Å². The summed E-state index contributed by atoms with van der Waals surface area (Å²) in [6.07, 6.45) is 3.60. The van der Waals surface area contributed by atoms with Crippen molar-refractivity contribution < 1.29 is 4.74 Å². The van der Waals surface area contributed by atoms with E-state index >= 15 is 0 Å². The van der Waals surface area contributed by atoms with E-state index < -0.39 is 0 Å². The number of aliphatic imine (C=N–C) groups is 1. The molecule has 1 aliphatic carbocycles. The van der Waals surface area contributed by atoms with Crippen molar-refractivity contribution in [3.63, 3.8) is 0 Å². The summed E-state index contributed by atoms with van der Waals surface area (Å²) in [6, 6.07) is 6.18. The predicted octanol–water partition coefficient (Wildman–Crippen LogP) is 2.85. The van der Waals surface area contributed by atoms with Crippen molar-refractivity contribution in [1.29, 1.82) is 0 Å². The smallest absolute Gasteiger partial charge is 0.193 e. The van der Waals surface area contributed by atoms with Gasteiger partial charge in [0.1, 0.15) is 0 Å². The Morgan fingerprint density at radius 2 is 2.15 bits per heavy atom. The monoisotopic (exact) mass is 275 g/mol. The van der Waals surface area contributed by atoms with Crippen LogP contribution in [0.15, 0.2) is 23.2 Å². The van der Waals surface area contributed by atoms with Crippen LogP contribution in [0, 0.1) is 19.8 Å². The van der Waals surface area contributed by atoms with Crippen LogP contribution in [0.5, 0.6) is 0 Å². The molecule has 0 aliphatic heterocycles. The number of guanidine groups is 1. The number of nitrogens with two attached hydrogens (primary N) is 1. The molecule has 4 nitrogen and oxygen atoms in total. The summed E-state index contributed by atoms with van der Waals surface area (Å²) in [5.41, 5.74) is 9.37. The van der Waals surface area contributed by atoms with Crippen LogP contribution in [0.1, 0.15) is 30.4 Å². The molecule has 4 heteroatoms. The summed E-state index contributed by atoms with van der Waals surface area (Å²) in [5, 5.41) is 3.12. The highest BCUT2D eigenvalue weighted by molar-refractivity contribution is 5.92. The topological polar surface area (TPSA) is 59.6 Å². The number of nitrogens with one attached hydrogen (secondary N) is 1. The Morgan fingerprint density at radius 1 is 1.35 bits per heavy atom. The van der Waals surface area contributed by atoms with Gasteiger partial charge in [-0.1, -0.05) is 6.07 Å². The molecule has 2 rings (SSSR count). The summed E-state index contributed by atoms with van der Waals surface area (Å²) in [6.45, 7) is 6.58. The van der Waals surface area contributed by atoms with Crippen LogP contribution in [-0.2, 0) is 4.74 Å². The van der Waals surface area contributed by atoms with Gasteiger partial charge in [-0.2, -0.15) is 0 Å². The van der Waals surface area contributed by atoms with Crippen LogP contribution in [0.4, 0.5) is 5.69 Å². The second-order valence-corrected chi connectivity index (χ2v) is 5.56. The first-order chi connectivity index (χ1) is 9.65. The molecular formula is C16H25N3O. The second-order valence-electron chi connectivity index (χ2n) is 5.56. The van der Waals surface area contributed by atoms with E-state index in [1.807, 2.05) is 6.07 Å². The molecular weight excluding hydrogens is 250 g/mol. The zero-order valence-electron chi connectivity index (χ0n) is 12.5. The minimum atomic E-state index is 0.468. The molecule has 0 atom stereocenters. The fourth-order valence-corrected chi connectivity index (χ4v) is 1.91. The molecule has 0 aromatic heterocycles. The number of benzene rings is 1. The molecule has 3 N–H and O–H groups in total. The van der Waals surface area contributed by atoms with Crippen molar-refractivity contribution in [2.24, 2.45) is 16.6 Å². The zero-order valence-corrected chi connectivity index (χ0v) is 12.5. The Balaban J connectivity index is 1.65. The predicted molar refractivity (Wildman–Crippen MR) is 84.2 cm³/mol. The molecule has 0 bridgehead atoms. The molecule has 20 heavy (non-hydrogen) atoms. The third kappa shape index (κ3) is 5.21. The van der Waals surface area contributed by atoms with Gasteiger partial charge in [0.2, 0.25) is 0 Å². The van der Waals surface area contributed by atoms with E-state index in [2.05, 4.69) is 36.3 Å². The third-order valence-corrected chi connectivity index (χ3v) is 3.56. The van der Waals surface area contributed by atoms with E-state index in [4.69, 9.17) is 10.5 Å². The molecule has 0 heterocycles. The van der Waals surface area contributed by atoms with Crippen molar-refractivity contribution in [2.45, 2.75) is 33.1 Å². The maximum Gasteiger partial charge on any atom is 0.193 e. The maximum absolute atomic E-state index is 5.86. The van der Waals surface area contributed by atoms with Crippen LogP contribution in [0.2, 0.25) is 0 Å². The number of nitrogens with zero attached hydrogens (tertiary/aromatic N) is 1. The van der Waals surface area contributed by atoms with Gasteiger partial charge in [0.15, 0.2) is 5.96 Å². The molecule has 0 unspecified atom stereocenters. The largest absolute Gasteiger partial charge is 0.381 e. The van der Waals surface area contributed by atoms with Gasteiger partial charge in [0.25, 0.3) is 0 Å². The fraction of sp³-hybridized carbons (Fsp3) is 0.562. The Labute approximate surface area is 121 Å². The number of hydrogen-bond donors (Lipinski definition) is 2. The zero-order chi connectivity index (χ0) is 14.4. The summed E-state index contributed by atoms with van der Waals surface area (Å²) in [4.78, 5) is 4.31. The molecule has 1 aliphatic rings. The van der Waals surface area contributed by atoms with Crippen LogP contribution >= 0.6 is 0 Å². The minimum absolute atomic E-state index is 0.468. The van der Waals surface area contributed by atoms with Crippen LogP contribution in [-0.4, -0.2) is 25.7 Å². The number of ether oxygens (including phenoxy) is 1. The Morgan fingerprint density at radius 3 is 2.85 bits per heavy atom. The van der Waals surface area contributed by atoms with Gasteiger partial charge in [-0.05, 0) is 62.3 Å². The van der Waals surface area contributed by atoms with E-state index in [-0.39, 0.29) is 0 Å². The molecule has 110 valence electrons. The molecule has 0 amide bonds. The first kappa shape index (κ1) is 14.9. The number of aryl methyl sites for hydroxylation is 2. The van der Waals surface area contributed by atoms with E-state index in [1.54, 1.807) is 0 Å². The Hall–Kier alpha value is -1.55. The highest BCUT2D eigenvalue weighted by Crippen LogP contribution is 2.28. The van der Waals surface area contributed by atoms with Gasteiger partial charge < -0.3 is 15.8 Å². The van der Waals surface area contributed by atoms with Crippen LogP contribution in [0.3, 0.4) is 0 Å². The van der Waals surface area contributed by atoms with Gasteiger partial charge in [-0.25, -0.2) is 0 Å². The summed E-state index contributed by atoms with van der Waals surface area (Å²) in [5.74, 6) is 1.30. The lowest BCUT2D eigenvalue weighted by molar-refractivity contribution is 0.123. The molecule has 0 spiro atoms. The van der Waals surface area contributed by atoms with Crippen molar-refractivity contribution in [3.8, 4) is 0 Å². The van der Waals surface area contributed by atoms with E-state index in [0.29, 0.717) is 12.5 Å². The number of rotatable bonds is 7. The highest BCUT2D eigenvalue weighted by atomic mass is 16.5. The van der Waals surface area contributed by atoms with Crippen LogP contribution in [0.25, 0.3) is 0 Å². The normalized spacial score (nSPS) is 15.4. The van der Waals surface area contributed by atoms with Crippen molar-refractivity contribution in [1.82, 2.24) is 0 Å². The molecule has 1 fully saturated rings. The SMILES string of the molecule is Cc1ccc(NC(N)=NCCCOCC2CC2)cc1C. The lowest BCUT2D eigenvalue weighted by Gasteiger charge is -2.08. The lowest BCUT2D eigenvalue weighted by Crippen LogP contribution is -2.23. The number of anilines is 1. The van der Waals surface area contributed by atoms with Crippen molar-refractivity contribution in [2.75, 3.05) is 25.1 Å². The van der Waals surface area contributed by atoms with Gasteiger partial charge in [0.05, 0.1) is 0 Å². The Bertz CT molecular complexity index is 467. The standard InChI is InChI=1S/C16H25N3O/c1-12-4-7-15(10-13(12)2)19-16(17)18-8-3-9-20-11-14-5-6-14/h4,7,10,14H,3,5-6,8-9,11H2,1-2H3,(H3,17,18,19). The quantitative estimate of drug-likeness (QED) is 0.457. The van der Waals surface area contributed by atoms with E-state index in [9.17, 15) is 0 Å². The first-order valence-corrected chi connectivity index (χ1v) is 7.37. The second kappa shape index (κ2) is 7.29. The first-order valence-electron chi connectivity index (χ1n) is 7.37. The fourth-order valence-electron chi connectivity index (χ4n) is 1.91. The average Bonchev–Trinajstić information content (AvgIpc) is 3.22. The molecule has 1 saturated carbocycles.